The van der Waals surface area contributed by atoms with Crippen molar-refractivity contribution >= 4 is 21.8 Å². The van der Waals surface area contributed by atoms with E-state index >= 15 is 0 Å². The summed E-state index contributed by atoms with van der Waals surface area (Å²) in [7, 11) is 0. The quantitative estimate of drug-likeness (QED) is 0.866. The van der Waals surface area contributed by atoms with Crippen molar-refractivity contribution in [3.8, 4) is 0 Å². The second-order valence-electron chi connectivity index (χ2n) is 3.90. The highest BCUT2D eigenvalue weighted by atomic mass is 79.9. The molecule has 0 aliphatic rings. The van der Waals surface area contributed by atoms with Gasteiger partial charge in [-0.05, 0) is 23.6 Å². The Balaban J connectivity index is 2.37. The summed E-state index contributed by atoms with van der Waals surface area (Å²) >= 11 is 3.34. The van der Waals surface area contributed by atoms with Crippen LogP contribution in [0.4, 0.5) is 0 Å². The second kappa shape index (κ2) is 6.66. The van der Waals surface area contributed by atoms with Crippen LogP contribution in [0.15, 0.2) is 28.7 Å². The molecule has 0 radical (unpaired) electrons. The molecule has 0 bridgehead atoms. The molecule has 1 aromatic rings. The number of carbonyl (C=O) groups excluding carboxylic acids is 1. The van der Waals surface area contributed by atoms with Gasteiger partial charge in [0.2, 0.25) is 5.91 Å². The van der Waals surface area contributed by atoms with Gasteiger partial charge < -0.3 is 10.4 Å². The lowest BCUT2D eigenvalue weighted by Crippen LogP contribution is -2.30. The number of aliphatic hydroxyl groups is 1. The summed E-state index contributed by atoms with van der Waals surface area (Å²) in [5.41, 5.74) is 0.984. The van der Waals surface area contributed by atoms with Gasteiger partial charge in [0.15, 0.2) is 0 Å². The molecule has 88 valence electrons. The Kier molecular flexibility index (Phi) is 5.49. The van der Waals surface area contributed by atoms with Crippen LogP contribution in [0.1, 0.15) is 12.5 Å². The highest BCUT2D eigenvalue weighted by molar-refractivity contribution is 9.10. The average Bonchev–Trinajstić information content (AvgIpc) is 2.29. The normalized spacial score (nSPS) is 12.2. The van der Waals surface area contributed by atoms with E-state index in [9.17, 15) is 4.79 Å². The highest BCUT2D eigenvalue weighted by Gasteiger charge is 2.05. The van der Waals surface area contributed by atoms with Crippen LogP contribution in [0, 0.1) is 5.92 Å². The summed E-state index contributed by atoms with van der Waals surface area (Å²) < 4.78 is 1.01. The third kappa shape index (κ3) is 4.77. The summed E-state index contributed by atoms with van der Waals surface area (Å²) in [4.78, 5) is 11.5. The van der Waals surface area contributed by atoms with Crippen LogP contribution in [0.5, 0.6) is 0 Å². The molecule has 2 N–H and O–H groups in total. The molecule has 1 amide bonds. The zero-order chi connectivity index (χ0) is 12.0. The fourth-order valence-electron chi connectivity index (χ4n) is 1.20. The van der Waals surface area contributed by atoms with E-state index in [2.05, 4.69) is 21.2 Å². The van der Waals surface area contributed by atoms with Crippen LogP contribution in [0.25, 0.3) is 0 Å². The number of carbonyl (C=O) groups is 1. The third-order valence-electron chi connectivity index (χ3n) is 2.24. The fraction of sp³-hybridized carbons (Fsp3) is 0.417. The molecule has 0 aliphatic heterocycles. The van der Waals surface area contributed by atoms with Gasteiger partial charge >= 0.3 is 0 Å². The number of nitrogens with one attached hydrogen (secondary N) is 1. The number of aliphatic hydroxyl groups excluding tert-OH is 1. The zero-order valence-corrected chi connectivity index (χ0v) is 10.8. The Morgan fingerprint density at radius 2 is 2.06 bits per heavy atom. The molecule has 1 rings (SSSR count). The van der Waals surface area contributed by atoms with Gasteiger partial charge in [0.1, 0.15) is 0 Å². The van der Waals surface area contributed by atoms with E-state index in [0.717, 1.165) is 10.0 Å². The van der Waals surface area contributed by atoms with Crippen LogP contribution in [0.3, 0.4) is 0 Å². The minimum Gasteiger partial charge on any atom is -0.396 e. The van der Waals surface area contributed by atoms with E-state index in [4.69, 9.17) is 5.11 Å². The molecule has 1 unspecified atom stereocenters. The van der Waals surface area contributed by atoms with E-state index in [0.29, 0.717) is 13.0 Å². The Hall–Kier alpha value is -0.870. The summed E-state index contributed by atoms with van der Waals surface area (Å²) in [6.45, 7) is 2.50. The number of halogens is 1. The molecule has 1 aromatic carbocycles. The highest BCUT2D eigenvalue weighted by Crippen LogP contribution is 2.10. The first-order valence-corrected chi connectivity index (χ1v) is 6.03. The van der Waals surface area contributed by atoms with E-state index in [1.807, 2.05) is 31.2 Å². The largest absolute Gasteiger partial charge is 0.396 e. The number of hydrogen-bond donors (Lipinski definition) is 2. The number of hydrogen-bond acceptors (Lipinski definition) is 2. The van der Waals surface area contributed by atoms with Gasteiger partial charge in [-0.15, -0.1) is 0 Å². The van der Waals surface area contributed by atoms with E-state index in [1.165, 1.54) is 0 Å². The maximum Gasteiger partial charge on any atom is 0.224 e. The van der Waals surface area contributed by atoms with Crippen molar-refractivity contribution < 1.29 is 9.90 Å². The maximum absolute atomic E-state index is 11.5. The van der Waals surface area contributed by atoms with E-state index in [-0.39, 0.29) is 18.4 Å². The van der Waals surface area contributed by atoms with Crippen molar-refractivity contribution in [2.75, 3.05) is 13.2 Å². The van der Waals surface area contributed by atoms with Crippen molar-refractivity contribution in [2.24, 2.45) is 5.92 Å². The smallest absolute Gasteiger partial charge is 0.224 e. The summed E-state index contributed by atoms with van der Waals surface area (Å²) in [6.07, 6.45) is 0.380. The first-order chi connectivity index (χ1) is 7.61. The third-order valence-corrected chi connectivity index (χ3v) is 2.77. The lowest BCUT2D eigenvalue weighted by molar-refractivity contribution is -0.120. The molecule has 1 atom stereocenters. The summed E-state index contributed by atoms with van der Waals surface area (Å²) in [5.74, 6) is 0.0940. The first kappa shape index (κ1) is 13.2. The van der Waals surface area contributed by atoms with Gasteiger partial charge in [0.05, 0.1) is 6.42 Å². The minimum absolute atomic E-state index is 0.0115. The average molecular weight is 286 g/mol. The molecule has 0 saturated heterocycles. The van der Waals surface area contributed by atoms with Gasteiger partial charge in [-0.3, -0.25) is 4.79 Å². The Labute approximate surface area is 104 Å². The molecule has 4 heteroatoms. The molecular formula is C12H16BrNO2. The van der Waals surface area contributed by atoms with Gasteiger partial charge in [0, 0.05) is 17.6 Å². The van der Waals surface area contributed by atoms with Crippen LogP contribution in [-0.2, 0) is 11.2 Å². The molecule has 16 heavy (non-hydrogen) atoms. The van der Waals surface area contributed by atoms with Crippen LogP contribution in [-0.4, -0.2) is 24.2 Å². The second-order valence-corrected chi connectivity index (χ2v) is 4.81. The predicted octanol–water partition coefficient (Wildman–Crippen LogP) is 1.74. The standard InChI is InChI=1S/C12H16BrNO2/c1-9(8-15)7-14-12(16)6-10-2-4-11(13)5-3-10/h2-5,9,15H,6-8H2,1H3,(H,14,16). The molecule has 0 heterocycles. The number of benzene rings is 1. The minimum atomic E-state index is -0.0115. The zero-order valence-electron chi connectivity index (χ0n) is 9.24. The lowest BCUT2D eigenvalue weighted by Gasteiger charge is -2.09. The lowest BCUT2D eigenvalue weighted by atomic mass is 10.1. The molecular weight excluding hydrogens is 270 g/mol. The van der Waals surface area contributed by atoms with E-state index in [1.54, 1.807) is 0 Å². The van der Waals surface area contributed by atoms with Crippen molar-refractivity contribution in [3.63, 3.8) is 0 Å². The molecule has 0 saturated carbocycles. The van der Waals surface area contributed by atoms with Gasteiger partial charge in [-0.1, -0.05) is 35.0 Å². The van der Waals surface area contributed by atoms with Gasteiger partial charge in [-0.25, -0.2) is 0 Å². The van der Waals surface area contributed by atoms with Crippen LogP contribution >= 0.6 is 15.9 Å². The van der Waals surface area contributed by atoms with Gasteiger partial charge in [-0.2, -0.15) is 0 Å². The van der Waals surface area contributed by atoms with Crippen molar-refractivity contribution in [3.05, 3.63) is 34.3 Å². The van der Waals surface area contributed by atoms with Crippen LogP contribution in [0.2, 0.25) is 0 Å². The summed E-state index contributed by atoms with van der Waals surface area (Å²) in [6, 6.07) is 7.66. The monoisotopic (exact) mass is 285 g/mol. The molecule has 0 fully saturated rings. The first-order valence-electron chi connectivity index (χ1n) is 5.24. The van der Waals surface area contributed by atoms with E-state index < -0.39 is 0 Å². The Bertz CT molecular complexity index is 337. The van der Waals surface area contributed by atoms with Crippen molar-refractivity contribution in [1.82, 2.24) is 5.32 Å². The predicted molar refractivity (Wildman–Crippen MR) is 67.1 cm³/mol. The fourth-order valence-corrected chi connectivity index (χ4v) is 1.47. The Morgan fingerprint density at radius 3 is 2.62 bits per heavy atom. The SMILES string of the molecule is CC(CO)CNC(=O)Cc1ccc(Br)cc1. The number of amides is 1. The van der Waals surface area contributed by atoms with Crippen LogP contribution < -0.4 is 5.32 Å². The van der Waals surface area contributed by atoms with Gasteiger partial charge in [0.25, 0.3) is 0 Å². The maximum atomic E-state index is 11.5. The number of rotatable bonds is 5. The molecule has 0 spiro atoms. The summed E-state index contributed by atoms with van der Waals surface area (Å²) in [5, 5.41) is 11.6. The molecule has 0 aromatic heterocycles. The van der Waals surface area contributed by atoms with Crippen molar-refractivity contribution in [2.45, 2.75) is 13.3 Å². The molecule has 0 aliphatic carbocycles. The topological polar surface area (TPSA) is 49.3 Å². The molecule has 3 nitrogen and oxygen atoms in total. The van der Waals surface area contributed by atoms with Crippen molar-refractivity contribution in [1.29, 1.82) is 0 Å². The Morgan fingerprint density at radius 1 is 1.44 bits per heavy atom.